The quantitative estimate of drug-likeness (QED) is 0.322. The van der Waals surface area contributed by atoms with Crippen LogP contribution in [-0.4, -0.2) is 6.54 Å². The van der Waals surface area contributed by atoms with Crippen LogP contribution in [0.5, 0.6) is 0 Å². The van der Waals surface area contributed by atoms with E-state index in [1.165, 1.54) is 5.56 Å². The molecule has 0 aromatic heterocycles. The smallest absolute Gasteiger partial charge is 0.655 e. The van der Waals surface area contributed by atoms with Crippen molar-refractivity contribution < 1.29 is 18.9 Å². The monoisotopic (exact) mass is 153 g/mol. The fourth-order valence-corrected chi connectivity index (χ4v) is 0.868. The fraction of sp³-hybridized carbons (Fsp3) is 0.200. The molecular formula is C10H12LiN. The summed E-state index contributed by atoms with van der Waals surface area (Å²) in [5.74, 6) is 0. The Hall–Kier alpha value is -0.483. The zero-order chi connectivity index (χ0) is 7.94. The van der Waals surface area contributed by atoms with Crippen molar-refractivity contribution in [2.45, 2.75) is 6.54 Å². The van der Waals surface area contributed by atoms with Crippen molar-refractivity contribution >= 4 is 0 Å². The van der Waals surface area contributed by atoms with E-state index < -0.39 is 0 Å². The van der Waals surface area contributed by atoms with E-state index in [4.69, 9.17) is 0 Å². The maximum atomic E-state index is 4.24. The first-order chi connectivity index (χ1) is 5.43. The summed E-state index contributed by atoms with van der Waals surface area (Å²) in [5.41, 5.74) is 1.26. The van der Waals surface area contributed by atoms with Gasteiger partial charge in [-0.3, -0.25) is 0 Å². The molecule has 0 atom stereocenters. The van der Waals surface area contributed by atoms with Crippen LogP contribution in [0.4, 0.5) is 0 Å². The van der Waals surface area contributed by atoms with Gasteiger partial charge in [-0.1, -0.05) is 35.9 Å². The maximum absolute atomic E-state index is 4.24. The third-order valence-corrected chi connectivity index (χ3v) is 1.40. The van der Waals surface area contributed by atoms with Gasteiger partial charge in [-0.15, -0.1) is 25.7 Å². The first kappa shape index (κ1) is 11.5. The molecule has 0 aliphatic rings. The average Bonchev–Trinajstić information content (AvgIpc) is 2.07. The zero-order valence-electron chi connectivity index (χ0n) is 7.53. The van der Waals surface area contributed by atoms with Gasteiger partial charge in [0.15, 0.2) is 0 Å². The van der Waals surface area contributed by atoms with E-state index in [0.717, 1.165) is 13.1 Å². The Kier molecular flexibility index (Phi) is 6.89. The average molecular weight is 153 g/mol. The summed E-state index contributed by atoms with van der Waals surface area (Å²) in [5, 5.41) is 4.24. The molecule has 1 aromatic carbocycles. The van der Waals surface area contributed by atoms with Gasteiger partial charge in [0.25, 0.3) is 0 Å². The summed E-state index contributed by atoms with van der Waals surface area (Å²) in [6.45, 7) is 5.14. The summed E-state index contributed by atoms with van der Waals surface area (Å²) in [4.78, 5) is 0. The van der Waals surface area contributed by atoms with Crippen LogP contribution in [0.1, 0.15) is 5.56 Å². The van der Waals surface area contributed by atoms with Gasteiger partial charge < -0.3 is 5.32 Å². The van der Waals surface area contributed by atoms with Gasteiger partial charge in [0.2, 0.25) is 0 Å². The summed E-state index contributed by atoms with van der Waals surface area (Å²) in [6, 6.07) is 10.2. The standard InChI is InChI=1S/C10H12N.Li/c1-2-8-11-9-10-6-4-3-5-7-10;/h2-7H,1,8-9H2;/q-1;+1. The van der Waals surface area contributed by atoms with Crippen molar-refractivity contribution in [3.63, 3.8) is 0 Å². The minimum Gasteiger partial charge on any atom is -0.655 e. The molecule has 0 aliphatic carbocycles. The van der Waals surface area contributed by atoms with Crippen LogP contribution in [0.2, 0.25) is 0 Å². The molecule has 0 radical (unpaired) electrons. The molecule has 0 bridgehead atoms. The van der Waals surface area contributed by atoms with Gasteiger partial charge in [-0.25, -0.2) is 0 Å². The Morgan fingerprint density at radius 1 is 1.25 bits per heavy atom. The molecular weight excluding hydrogens is 141 g/mol. The van der Waals surface area contributed by atoms with Crippen molar-refractivity contribution in [1.82, 2.24) is 0 Å². The van der Waals surface area contributed by atoms with Crippen LogP contribution < -0.4 is 18.9 Å². The molecule has 12 heavy (non-hydrogen) atoms. The molecule has 1 nitrogen and oxygen atoms in total. The predicted octanol–water partition coefficient (Wildman–Crippen LogP) is -0.250. The normalized spacial score (nSPS) is 8.67. The van der Waals surface area contributed by atoms with Crippen LogP contribution >= 0.6 is 0 Å². The van der Waals surface area contributed by atoms with E-state index >= 15 is 0 Å². The molecule has 0 aliphatic heterocycles. The zero-order valence-corrected chi connectivity index (χ0v) is 7.53. The van der Waals surface area contributed by atoms with Gasteiger partial charge in [0.05, 0.1) is 0 Å². The number of nitrogens with zero attached hydrogens (tertiary/aromatic N) is 1. The summed E-state index contributed by atoms with van der Waals surface area (Å²) < 4.78 is 0. The van der Waals surface area contributed by atoms with E-state index in [1.54, 1.807) is 0 Å². The first-order valence-electron chi connectivity index (χ1n) is 3.71. The molecule has 0 saturated heterocycles. The van der Waals surface area contributed by atoms with E-state index in [9.17, 15) is 0 Å². The Morgan fingerprint density at radius 3 is 2.50 bits per heavy atom. The Morgan fingerprint density at radius 2 is 1.92 bits per heavy atom. The van der Waals surface area contributed by atoms with Crippen molar-refractivity contribution in [2.75, 3.05) is 6.54 Å². The third-order valence-electron chi connectivity index (χ3n) is 1.40. The van der Waals surface area contributed by atoms with Crippen molar-refractivity contribution in [1.29, 1.82) is 0 Å². The molecule has 58 valence electrons. The molecule has 0 unspecified atom stereocenters. The van der Waals surface area contributed by atoms with Crippen molar-refractivity contribution in [3.8, 4) is 0 Å². The maximum Gasteiger partial charge on any atom is 1.00 e. The molecule has 1 rings (SSSR count). The molecule has 2 heteroatoms. The minimum atomic E-state index is 0. The van der Waals surface area contributed by atoms with E-state index in [-0.39, 0.29) is 18.9 Å². The van der Waals surface area contributed by atoms with Crippen molar-refractivity contribution in [3.05, 3.63) is 53.9 Å². The summed E-state index contributed by atoms with van der Waals surface area (Å²) in [7, 11) is 0. The van der Waals surface area contributed by atoms with Gasteiger partial charge in [-0.2, -0.15) is 0 Å². The van der Waals surface area contributed by atoms with Gasteiger partial charge in [0.1, 0.15) is 0 Å². The topological polar surface area (TPSA) is 14.1 Å². The second-order valence-electron chi connectivity index (χ2n) is 2.34. The van der Waals surface area contributed by atoms with E-state index in [1.807, 2.05) is 24.3 Å². The third kappa shape index (κ3) is 4.41. The molecule has 0 amide bonds. The van der Waals surface area contributed by atoms with Gasteiger partial charge in [0, 0.05) is 0 Å². The SMILES string of the molecule is C=CC[N-]Cc1ccccc1.[Li+]. The predicted molar refractivity (Wildman–Crippen MR) is 48.6 cm³/mol. The van der Waals surface area contributed by atoms with E-state index in [2.05, 4.69) is 24.0 Å². The largest absolute Gasteiger partial charge is 1.00 e. The molecule has 0 N–H and O–H groups in total. The van der Waals surface area contributed by atoms with Crippen LogP contribution in [0, 0.1) is 0 Å². The molecule has 0 heterocycles. The number of benzene rings is 1. The molecule has 0 spiro atoms. The second-order valence-corrected chi connectivity index (χ2v) is 2.34. The van der Waals surface area contributed by atoms with Crippen LogP contribution in [0.3, 0.4) is 0 Å². The number of hydrogen-bond donors (Lipinski definition) is 0. The van der Waals surface area contributed by atoms with Crippen LogP contribution in [0.15, 0.2) is 43.0 Å². The van der Waals surface area contributed by atoms with Crippen LogP contribution in [0.25, 0.3) is 5.32 Å². The Bertz CT molecular complexity index is 208. The van der Waals surface area contributed by atoms with E-state index in [0.29, 0.717) is 0 Å². The summed E-state index contributed by atoms with van der Waals surface area (Å²) in [6.07, 6.45) is 1.81. The summed E-state index contributed by atoms with van der Waals surface area (Å²) >= 11 is 0. The number of hydrogen-bond acceptors (Lipinski definition) is 0. The minimum absolute atomic E-state index is 0. The van der Waals surface area contributed by atoms with Crippen LogP contribution in [-0.2, 0) is 6.54 Å². The fourth-order valence-electron chi connectivity index (χ4n) is 0.868. The number of rotatable bonds is 4. The first-order valence-corrected chi connectivity index (χ1v) is 3.71. The molecule has 0 fully saturated rings. The van der Waals surface area contributed by atoms with Gasteiger partial charge >= 0.3 is 18.9 Å². The van der Waals surface area contributed by atoms with Crippen molar-refractivity contribution in [2.24, 2.45) is 0 Å². The second kappa shape index (κ2) is 7.18. The Balaban J connectivity index is 0.00000121. The molecule has 0 saturated carbocycles. The molecule has 1 aromatic rings. The van der Waals surface area contributed by atoms with Gasteiger partial charge in [-0.05, 0) is 0 Å². The Labute approximate surface area is 86.0 Å².